The number of nitrogens with one attached hydrogen (secondary N) is 1. The van der Waals surface area contributed by atoms with Crippen molar-refractivity contribution in [1.82, 2.24) is 9.29 Å². The van der Waals surface area contributed by atoms with Gasteiger partial charge in [0.2, 0.25) is 15.9 Å². The number of thiazole rings is 1. The van der Waals surface area contributed by atoms with Crippen LogP contribution in [-0.2, 0) is 14.8 Å². The molecule has 8 nitrogen and oxygen atoms in total. The molecule has 2 heterocycles. The second kappa shape index (κ2) is 9.20. The summed E-state index contributed by atoms with van der Waals surface area (Å²) in [5.74, 6) is -1.45. The first-order chi connectivity index (χ1) is 15.7. The van der Waals surface area contributed by atoms with Crippen molar-refractivity contribution in [2.45, 2.75) is 17.7 Å². The number of sulfonamides is 1. The third-order valence-electron chi connectivity index (χ3n) is 5.48. The van der Waals surface area contributed by atoms with Crippen LogP contribution in [0.4, 0.5) is 13.9 Å². The molecule has 0 aliphatic carbocycles. The Balaban J connectivity index is 1.45. The van der Waals surface area contributed by atoms with Crippen LogP contribution in [0, 0.1) is 17.6 Å². The predicted octanol–water partition coefficient (Wildman–Crippen LogP) is 3.63. The summed E-state index contributed by atoms with van der Waals surface area (Å²) in [6.07, 6.45) is 0.471. The van der Waals surface area contributed by atoms with E-state index in [1.165, 1.54) is 25.6 Å². The summed E-state index contributed by atoms with van der Waals surface area (Å²) in [5, 5.41) is 3.16. The molecule has 1 fully saturated rings. The third-order valence-corrected chi connectivity index (χ3v) is 8.38. The van der Waals surface area contributed by atoms with Gasteiger partial charge >= 0.3 is 0 Å². The second-order valence-corrected chi connectivity index (χ2v) is 10.3. The quantitative estimate of drug-likeness (QED) is 0.559. The summed E-state index contributed by atoms with van der Waals surface area (Å²) in [7, 11) is -1.14. The van der Waals surface area contributed by atoms with E-state index in [1.54, 1.807) is 12.1 Å². The highest BCUT2D eigenvalue weighted by atomic mass is 32.2. The van der Waals surface area contributed by atoms with Crippen LogP contribution in [0.2, 0.25) is 0 Å². The van der Waals surface area contributed by atoms with E-state index in [2.05, 4.69) is 10.3 Å². The van der Waals surface area contributed by atoms with Gasteiger partial charge in [-0.05, 0) is 43.2 Å². The summed E-state index contributed by atoms with van der Waals surface area (Å²) < 4.78 is 65.4. The number of aromatic nitrogens is 1. The molecule has 2 aromatic carbocycles. The summed E-state index contributed by atoms with van der Waals surface area (Å²) in [6.45, 7) is 0.0235. The number of hydrogen-bond acceptors (Lipinski definition) is 7. The Morgan fingerprint density at radius 3 is 2.45 bits per heavy atom. The number of rotatable bonds is 6. The summed E-state index contributed by atoms with van der Waals surface area (Å²) in [6, 6.07) is 5.79. The fourth-order valence-corrected chi connectivity index (χ4v) is 6.24. The van der Waals surface area contributed by atoms with Gasteiger partial charge in [0.1, 0.15) is 38.2 Å². The second-order valence-electron chi connectivity index (χ2n) is 7.41. The van der Waals surface area contributed by atoms with Gasteiger partial charge in [-0.15, -0.1) is 0 Å². The lowest BCUT2D eigenvalue weighted by molar-refractivity contribution is -0.120. The van der Waals surface area contributed by atoms with Gasteiger partial charge in [-0.3, -0.25) is 4.79 Å². The van der Waals surface area contributed by atoms with Crippen molar-refractivity contribution >= 4 is 42.6 Å². The van der Waals surface area contributed by atoms with Crippen molar-refractivity contribution in [3.8, 4) is 11.5 Å². The number of piperidine rings is 1. The van der Waals surface area contributed by atoms with E-state index in [0.717, 1.165) is 21.1 Å². The highest BCUT2D eigenvalue weighted by molar-refractivity contribution is 7.89. The Hall–Kier alpha value is -2.83. The SMILES string of the molecule is COc1ccc(OC)c2sc(NC(=O)C3CCN(S(=O)(=O)c4cc(F)ccc4F)CC3)nc12. The monoisotopic (exact) mass is 497 g/mol. The van der Waals surface area contributed by atoms with Crippen molar-refractivity contribution in [3.63, 3.8) is 0 Å². The average Bonchev–Trinajstić information content (AvgIpc) is 3.23. The number of ether oxygens (including phenoxy) is 2. The first-order valence-corrected chi connectivity index (χ1v) is 12.3. The first-order valence-electron chi connectivity index (χ1n) is 10.0. The van der Waals surface area contributed by atoms with Crippen LogP contribution in [0.5, 0.6) is 11.5 Å². The van der Waals surface area contributed by atoms with Gasteiger partial charge < -0.3 is 14.8 Å². The maximum Gasteiger partial charge on any atom is 0.246 e. The number of benzene rings is 2. The van der Waals surface area contributed by atoms with E-state index in [-0.39, 0.29) is 31.8 Å². The number of anilines is 1. The molecule has 1 aromatic heterocycles. The molecule has 4 rings (SSSR count). The van der Waals surface area contributed by atoms with E-state index in [1.807, 2.05) is 0 Å². The minimum atomic E-state index is -4.21. The molecule has 1 N–H and O–H groups in total. The molecule has 0 unspecified atom stereocenters. The maximum absolute atomic E-state index is 14.0. The van der Waals surface area contributed by atoms with Crippen LogP contribution in [-0.4, -0.2) is 50.9 Å². The van der Waals surface area contributed by atoms with E-state index in [0.29, 0.717) is 28.2 Å². The van der Waals surface area contributed by atoms with Gasteiger partial charge in [0.25, 0.3) is 0 Å². The molecule has 12 heteroatoms. The zero-order valence-corrected chi connectivity index (χ0v) is 19.4. The van der Waals surface area contributed by atoms with Crippen LogP contribution < -0.4 is 14.8 Å². The number of amides is 1. The van der Waals surface area contributed by atoms with Crippen LogP contribution in [0.1, 0.15) is 12.8 Å². The average molecular weight is 498 g/mol. The van der Waals surface area contributed by atoms with Crippen molar-refractivity contribution in [2.24, 2.45) is 5.92 Å². The molecule has 1 aliphatic rings. The molecule has 1 aliphatic heterocycles. The van der Waals surface area contributed by atoms with Gasteiger partial charge in [0, 0.05) is 19.0 Å². The highest BCUT2D eigenvalue weighted by Gasteiger charge is 2.34. The Kier molecular flexibility index (Phi) is 6.50. The molecule has 33 heavy (non-hydrogen) atoms. The van der Waals surface area contributed by atoms with Crippen LogP contribution in [0.15, 0.2) is 35.2 Å². The number of carbonyl (C=O) groups is 1. The zero-order chi connectivity index (χ0) is 23.8. The topological polar surface area (TPSA) is 97.8 Å². The van der Waals surface area contributed by atoms with Gasteiger partial charge in [0.15, 0.2) is 5.13 Å². The van der Waals surface area contributed by atoms with Gasteiger partial charge in [-0.2, -0.15) is 4.31 Å². The Bertz CT molecular complexity index is 1260. The number of hydrogen-bond donors (Lipinski definition) is 1. The van der Waals surface area contributed by atoms with Gasteiger partial charge in [0.05, 0.1) is 14.2 Å². The normalized spacial score (nSPS) is 15.5. The number of nitrogens with zero attached hydrogens (tertiary/aromatic N) is 2. The van der Waals surface area contributed by atoms with E-state index in [4.69, 9.17) is 9.47 Å². The number of methoxy groups -OCH3 is 2. The van der Waals surface area contributed by atoms with Gasteiger partial charge in [-0.1, -0.05) is 11.3 Å². The third kappa shape index (κ3) is 4.50. The van der Waals surface area contributed by atoms with Crippen LogP contribution in [0.3, 0.4) is 0 Å². The Morgan fingerprint density at radius 2 is 1.79 bits per heavy atom. The van der Waals surface area contributed by atoms with Crippen molar-refractivity contribution in [2.75, 3.05) is 32.6 Å². The van der Waals surface area contributed by atoms with Crippen LogP contribution >= 0.6 is 11.3 Å². The van der Waals surface area contributed by atoms with Crippen molar-refractivity contribution in [3.05, 3.63) is 42.0 Å². The maximum atomic E-state index is 14.0. The van der Waals surface area contributed by atoms with Crippen LogP contribution in [0.25, 0.3) is 10.2 Å². The smallest absolute Gasteiger partial charge is 0.246 e. The molecule has 0 bridgehead atoms. The number of fused-ring (bicyclic) bond motifs is 1. The lowest BCUT2D eigenvalue weighted by atomic mass is 9.97. The molecule has 1 amide bonds. The lowest BCUT2D eigenvalue weighted by Crippen LogP contribution is -2.41. The molecule has 0 saturated carbocycles. The summed E-state index contributed by atoms with van der Waals surface area (Å²) in [5.41, 5.74) is 0.565. The molecular weight excluding hydrogens is 476 g/mol. The summed E-state index contributed by atoms with van der Waals surface area (Å²) in [4.78, 5) is 16.5. The fraction of sp³-hybridized carbons (Fsp3) is 0.333. The molecule has 0 radical (unpaired) electrons. The van der Waals surface area contributed by atoms with E-state index < -0.39 is 32.5 Å². The largest absolute Gasteiger partial charge is 0.495 e. The highest BCUT2D eigenvalue weighted by Crippen LogP contribution is 2.39. The molecular formula is C21H21F2N3O5S2. The molecule has 176 valence electrons. The standard InChI is InChI=1S/C21H21F2N3O5S2/c1-30-15-5-6-16(31-2)19-18(15)24-21(32-19)25-20(27)12-7-9-26(10-8-12)33(28,29)17-11-13(22)3-4-14(17)23/h3-6,11-12H,7-10H2,1-2H3,(H,24,25,27). The Morgan fingerprint density at radius 1 is 1.12 bits per heavy atom. The molecule has 1 saturated heterocycles. The fourth-order valence-electron chi connectivity index (χ4n) is 3.72. The number of halogens is 2. The summed E-state index contributed by atoms with van der Waals surface area (Å²) >= 11 is 1.24. The van der Waals surface area contributed by atoms with Gasteiger partial charge in [-0.25, -0.2) is 22.2 Å². The lowest BCUT2D eigenvalue weighted by Gasteiger charge is -2.30. The minimum Gasteiger partial charge on any atom is -0.495 e. The first kappa shape index (κ1) is 23.3. The zero-order valence-electron chi connectivity index (χ0n) is 17.8. The van der Waals surface area contributed by atoms with Crippen molar-refractivity contribution in [1.29, 1.82) is 0 Å². The predicted molar refractivity (Wildman–Crippen MR) is 119 cm³/mol. The Labute approximate surface area is 193 Å². The van der Waals surface area contributed by atoms with E-state index >= 15 is 0 Å². The molecule has 3 aromatic rings. The number of carbonyl (C=O) groups excluding carboxylic acids is 1. The molecule has 0 atom stereocenters. The van der Waals surface area contributed by atoms with E-state index in [9.17, 15) is 22.0 Å². The minimum absolute atomic E-state index is 0.0118. The van der Waals surface area contributed by atoms with Crippen molar-refractivity contribution < 1.29 is 31.5 Å². The molecule has 0 spiro atoms.